The molecule has 0 bridgehead atoms. The lowest BCUT2D eigenvalue weighted by Gasteiger charge is -2.38. The standard InChI is InChI=1S/C23H34N2O3/c1-16-7-11-20(12-8-16)24-23(27)19-9-13-21(14-10-19)28-15-22(26)25-17(2)5-4-6-18(25)3/h9-10,13-14,16-18,20H,4-8,11-12,15H2,1-3H3,(H,24,27). The van der Waals surface area contributed by atoms with Gasteiger partial charge in [0.25, 0.3) is 11.8 Å². The lowest BCUT2D eigenvalue weighted by Crippen LogP contribution is -2.49. The van der Waals surface area contributed by atoms with E-state index >= 15 is 0 Å². The van der Waals surface area contributed by atoms with E-state index < -0.39 is 0 Å². The van der Waals surface area contributed by atoms with Crippen molar-refractivity contribution in [1.82, 2.24) is 10.2 Å². The number of carbonyl (C=O) groups is 2. The maximum absolute atomic E-state index is 12.5. The second kappa shape index (κ2) is 9.44. The van der Waals surface area contributed by atoms with Gasteiger partial charge in [-0.05, 0) is 89.0 Å². The Morgan fingerprint density at radius 3 is 2.18 bits per heavy atom. The van der Waals surface area contributed by atoms with Crippen molar-refractivity contribution in [2.24, 2.45) is 5.92 Å². The Labute approximate surface area is 168 Å². The number of likely N-dealkylation sites (tertiary alicyclic amines) is 1. The fraction of sp³-hybridized carbons (Fsp3) is 0.652. The SMILES string of the molecule is CC1CCC(NC(=O)c2ccc(OCC(=O)N3C(C)CCCC3C)cc2)CC1. The Morgan fingerprint density at radius 2 is 1.57 bits per heavy atom. The number of hydrogen-bond donors (Lipinski definition) is 1. The van der Waals surface area contributed by atoms with Gasteiger partial charge in [0.2, 0.25) is 0 Å². The van der Waals surface area contributed by atoms with Gasteiger partial charge in [-0.25, -0.2) is 0 Å². The smallest absolute Gasteiger partial charge is 0.260 e. The molecular weight excluding hydrogens is 352 g/mol. The summed E-state index contributed by atoms with van der Waals surface area (Å²) in [6.07, 6.45) is 7.77. The van der Waals surface area contributed by atoms with Gasteiger partial charge in [0.1, 0.15) is 5.75 Å². The highest BCUT2D eigenvalue weighted by Crippen LogP contribution is 2.24. The van der Waals surface area contributed by atoms with Crippen molar-refractivity contribution in [2.75, 3.05) is 6.61 Å². The summed E-state index contributed by atoms with van der Waals surface area (Å²) in [5, 5.41) is 3.14. The monoisotopic (exact) mass is 386 g/mol. The van der Waals surface area contributed by atoms with Crippen LogP contribution in [0, 0.1) is 5.92 Å². The fourth-order valence-electron chi connectivity index (χ4n) is 4.51. The molecule has 154 valence electrons. The van der Waals surface area contributed by atoms with Crippen molar-refractivity contribution in [3.8, 4) is 5.75 Å². The molecule has 0 radical (unpaired) electrons. The molecule has 2 fully saturated rings. The second-order valence-electron chi connectivity index (χ2n) is 8.67. The van der Waals surface area contributed by atoms with Crippen LogP contribution in [0.3, 0.4) is 0 Å². The molecule has 0 spiro atoms. The molecule has 1 aliphatic carbocycles. The van der Waals surface area contributed by atoms with Crippen molar-refractivity contribution >= 4 is 11.8 Å². The Bertz CT molecular complexity index is 655. The molecule has 1 aliphatic heterocycles. The van der Waals surface area contributed by atoms with Crippen molar-refractivity contribution < 1.29 is 14.3 Å². The minimum Gasteiger partial charge on any atom is -0.484 e. The summed E-state index contributed by atoms with van der Waals surface area (Å²) in [5.74, 6) is 1.39. The van der Waals surface area contributed by atoms with Crippen LogP contribution in [-0.2, 0) is 4.79 Å². The van der Waals surface area contributed by atoms with Crippen LogP contribution in [0.5, 0.6) is 5.75 Å². The number of benzene rings is 1. The van der Waals surface area contributed by atoms with Crippen LogP contribution in [0.15, 0.2) is 24.3 Å². The van der Waals surface area contributed by atoms with Crippen LogP contribution < -0.4 is 10.1 Å². The number of carbonyl (C=O) groups excluding carboxylic acids is 2. The molecule has 1 saturated heterocycles. The van der Waals surface area contributed by atoms with E-state index in [0.29, 0.717) is 11.3 Å². The van der Waals surface area contributed by atoms with Crippen LogP contribution in [-0.4, -0.2) is 41.4 Å². The molecule has 1 saturated carbocycles. The van der Waals surface area contributed by atoms with Crippen LogP contribution in [0.4, 0.5) is 0 Å². The van der Waals surface area contributed by atoms with E-state index in [1.807, 2.05) is 4.90 Å². The average Bonchev–Trinajstić information content (AvgIpc) is 2.68. The number of amides is 2. The molecule has 5 nitrogen and oxygen atoms in total. The molecule has 2 atom stereocenters. The molecule has 5 heteroatoms. The molecule has 2 aliphatic rings. The molecule has 1 N–H and O–H groups in total. The van der Waals surface area contributed by atoms with E-state index in [0.717, 1.165) is 31.6 Å². The van der Waals surface area contributed by atoms with E-state index in [1.165, 1.54) is 19.3 Å². The van der Waals surface area contributed by atoms with E-state index in [2.05, 4.69) is 26.1 Å². The summed E-state index contributed by atoms with van der Waals surface area (Å²) < 4.78 is 5.69. The van der Waals surface area contributed by atoms with E-state index in [9.17, 15) is 9.59 Å². The maximum atomic E-state index is 12.5. The zero-order chi connectivity index (χ0) is 20.1. The summed E-state index contributed by atoms with van der Waals surface area (Å²) in [7, 11) is 0. The third-order valence-corrected chi connectivity index (χ3v) is 6.31. The zero-order valence-corrected chi connectivity index (χ0v) is 17.4. The number of nitrogens with one attached hydrogen (secondary N) is 1. The van der Waals surface area contributed by atoms with Crippen molar-refractivity contribution in [3.05, 3.63) is 29.8 Å². The van der Waals surface area contributed by atoms with Crippen molar-refractivity contribution in [1.29, 1.82) is 0 Å². The summed E-state index contributed by atoms with van der Waals surface area (Å²) in [5.41, 5.74) is 0.635. The van der Waals surface area contributed by atoms with Gasteiger partial charge in [-0.15, -0.1) is 0 Å². The molecule has 1 heterocycles. The normalized spacial score (nSPS) is 27.9. The topological polar surface area (TPSA) is 58.6 Å². The fourth-order valence-corrected chi connectivity index (χ4v) is 4.51. The molecule has 3 rings (SSSR count). The van der Waals surface area contributed by atoms with Crippen molar-refractivity contribution in [2.45, 2.75) is 83.8 Å². The highest BCUT2D eigenvalue weighted by Gasteiger charge is 2.29. The minimum atomic E-state index is -0.0295. The van der Waals surface area contributed by atoms with Gasteiger partial charge >= 0.3 is 0 Å². The third-order valence-electron chi connectivity index (χ3n) is 6.31. The largest absolute Gasteiger partial charge is 0.484 e. The molecule has 0 aromatic heterocycles. The Kier molecular flexibility index (Phi) is 6.97. The number of ether oxygens (including phenoxy) is 1. The maximum Gasteiger partial charge on any atom is 0.260 e. The highest BCUT2D eigenvalue weighted by molar-refractivity contribution is 5.94. The summed E-state index contributed by atoms with van der Waals surface area (Å²) in [6.45, 7) is 6.52. The van der Waals surface area contributed by atoms with Crippen LogP contribution in [0.2, 0.25) is 0 Å². The quantitative estimate of drug-likeness (QED) is 0.826. The summed E-state index contributed by atoms with van der Waals surface area (Å²) in [6, 6.07) is 7.91. The Balaban J connectivity index is 1.48. The Hall–Kier alpha value is -2.04. The predicted molar refractivity (Wildman–Crippen MR) is 110 cm³/mol. The van der Waals surface area contributed by atoms with Crippen molar-refractivity contribution in [3.63, 3.8) is 0 Å². The van der Waals surface area contributed by atoms with E-state index in [4.69, 9.17) is 4.74 Å². The summed E-state index contributed by atoms with van der Waals surface area (Å²) >= 11 is 0. The first-order valence-electron chi connectivity index (χ1n) is 10.8. The van der Waals surface area contributed by atoms with Gasteiger partial charge in [0, 0.05) is 23.7 Å². The van der Waals surface area contributed by atoms with E-state index in [1.54, 1.807) is 24.3 Å². The molecule has 1 aromatic rings. The van der Waals surface area contributed by atoms with E-state index in [-0.39, 0.29) is 36.5 Å². The first-order valence-corrected chi connectivity index (χ1v) is 10.8. The van der Waals surface area contributed by atoms with Crippen LogP contribution in [0.1, 0.15) is 76.1 Å². The lowest BCUT2D eigenvalue weighted by molar-refractivity contribution is -0.139. The summed E-state index contributed by atoms with van der Waals surface area (Å²) in [4.78, 5) is 26.9. The van der Waals surface area contributed by atoms with Crippen LogP contribution in [0.25, 0.3) is 0 Å². The van der Waals surface area contributed by atoms with Gasteiger partial charge in [-0.2, -0.15) is 0 Å². The average molecular weight is 387 g/mol. The predicted octanol–water partition coefficient (Wildman–Crippen LogP) is 4.16. The number of nitrogens with zero attached hydrogens (tertiary/aromatic N) is 1. The first kappa shape index (κ1) is 20.7. The van der Waals surface area contributed by atoms with Gasteiger partial charge in [0.05, 0.1) is 0 Å². The molecule has 1 aromatic carbocycles. The minimum absolute atomic E-state index is 0.0295. The number of rotatable bonds is 5. The number of hydrogen-bond acceptors (Lipinski definition) is 3. The Morgan fingerprint density at radius 1 is 0.964 bits per heavy atom. The molecule has 28 heavy (non-hydrogen) atoms. The van der Waals surface area contributed by atoms with Gasteiger partial charge in [-0.3, -0.25) is 9.59 Å². The second-order valence-corrected chi connectivity index (χ2v) is 8.67. The molecular formula is C23H34N2O3. The third kappa shape index (κ3) is 5.27. The van der Waals surface area contributed by atoms with Gasteiger partial charge in [-0.1, -0.05) is 6.92 Å². The van der Waals surface area contributed by atoms with Gasteiger partial charge in [0.15, 0.2) is 6.61 Å². The zero-order valence-electron chi connectivity index (χ0n) is 17.4. The number of piperidine rings is 1. The highest BCUT2D eigenvalue weighted by atomic mass is 16.5. The molecule has 2 amide bonds. The molecule has 2 unspecified atom stereocenters. The lowest BCUT2D eigenvalue weighted by atomic mass is 9.87. The first-order chi connectivity index (χ1) is 13.4. The van der Waals surface area contributed by atoms with Crippen LogP contribution >= 0.6 is 0 Å². The van der Waals surface area contributed by atoms with Gasteiger partial charge < -0.3 is 15.0 Å².